The predicted octanol–water partition coefficient (Wildman–Crippen LogP) is 2.09. The van der Waals surface area contributed by atoms with E-state index in [1.807, 2.05) is 12.1 Å². The van der Waals surface area contributed by atoms with Crippen LogP contribution in [0.25, 0.3) is 0 Å². The summed E-state index contributed by atoms with van der Waals surface area (Å²) in [5.74, 6) is -0.0325. The molecule has 0 unspecified atom stereocenters. The Hall–Kier alpha value is -3.35. The van der Waals surface area contributed by atoms with Crippen molar-refractivity contribution < 1.29 is 19.1 Å². The van der Waals surface area contributed by atoms with Gasteiger partial charge in [0, 0.05) is 17.7 Å². The standard InChI is InChI=1S/C19H21N3O4/c1-25-18(24)12-26-16-9-7-15(8-10-16)22-17(23)11-4-13-2-5-14(6-3-13)19(20)21/h2-3,5-10H,4,11-12H2,1H3,(H3,20,21)(H,22,23). The first-order valence-electron chi connectivity index (χ1n) is 8.01. The van der Waals surface area contributed by atoms with E-state index in [-0.39, 0.29) is 18.3 Å². The summed E-state index contributed by atoms with van der Waals surface area (Å²) in [6.07, 6.45) is 0.921. The number of ether oxygens (including phenoxy) is 2. The van der Waals surface area contributed by atoms with Crippen LogP contribution in [0, 0.1) is 5.41 Å². The Bertz CT molecular complexity index is 770. The van der Waals surface area contributed by atoms with Gasteiger partial charge < -0.3 is 20.5 Å². The molecule has 136 valence electrons. The van der Waals surface area contributed by atoms with Gasteiger partial charge in [-0.05, 0) is 36.2 Å². The third kappa shape index (κ3) is 5.94. The molecular formula is C19H21N3O4. The van der Waals surface area contributed by atoms with E-state index in [1.165, 1.54) is 7.11 Å². The highest BCUT2D eigenvalue weighted by molar-refractivity contribution is 5.95. The average molecular weight is 355 g/mol. The fraction of sp³-hybridized carbons (Fsp3) is 0.211. The lowest BCUT2D eigenvalue weighted by molar-refractivity contribution is -0.142. The molecule has 2 rings (SSSR count). The number of nitrogens with one attached hydrogen (secondary N) is 2. The summed E-state index contributed by atoms with van der Waals surface area (Å²) in [4.78, 5) is 23.1. The number of nitrogen functional groups attached to an aromatic ring is 1. The molecule has 0 atom stereocenters. The fourth-order valence-electron chi connectivity index (χ4n) is 2.17. The number of carbonyl (C=O) groups excluding carboxylic acids is 2. The minimum atomic E-state index is -0.460. The topological polar surface area (TPSA) is 114 Å². The van der Waals surface area contributed by atoms with Crippen molar-refractivity contribution in [3.63, 3.8) is 0 Å². The lowest BCUT2D eigenvalue weighted by atomic mass is 10.1. The van der Waals surface area contributed by atoms with Crippen LogP contribution in [-0.4, -0.2) is 31.4 Å². The number of benzene rings is 2. The second-order valence-corrected chi connectivity index (χ2v) is 5.55. The fourth-order valence-corrected chi connectivity index (χ4v) is 2.17. The molecule has 0 spiro atoms. The van der Waals surface area contributed by atoms with Crippen molar-refractivity contribution in [2.75, 3.05) is 19.0 Å². The summed E-state index contributed by atoms with van der Waals surface area (Å²) in [6, 6.07) is 14.0. The highest BCUT2D eigenvalue weighted by Gasteiger charge is 2.05. The lowest BCUT2D eigenvalue weighted by Crippen LogP contribution is -2.13. The Labute approximate surface area is 151 Å². The first-order valence-corrected chi connectivity index (χ1v) is 8.01. The maximum Gasteiger partial charge on any atom is 0.343 e. The van der Waals surface area contributed by atoms with Crippen molar-refractivity contribution in [2.24, 2.45) is 5.73 Å². The zero-order chi connectivity index (χ0) is 18.9. The molecule has 1 amide bonds. The molecule has 2 aromatic rings. The summed E-state index contributed by atoms with van der Waals surface area (Å²) in [5.41, 5.74) is 7.71. The third-order valence-corrected chi connectivity index (χ3v) is 3.63. The van der Waals surface area contributed by atoms with Gasteiger partial charge in [-0.1, -0.05) is 24.3 Å². The Balaban J connectivity index is 1.80. The van der Waals surface area contributed by atoms with E-state index in [2.05, 4.69) is 10.1 Å². The van der Waals surface area contributed by atoms with Crippen molar-refractivity contribution in [1.29, 1.82) is 5.41 Å². The van der Waals surface area contributed by atoms with Crippen LogP contribution in [0.15, 0.2) is 48.5 Å². The smallest absolute Gasteiger partial charge is 0.343 e. The molecule has 4 N–H and O–H groups in total. The molecule has 7 heteroatoms. The molecule has 0 radical (unpaired) electrons. The van der Waals surface area contributed by atoms with Gasteiger partial charge in [-0.15, -0.1) is 0 Å². The Kier molecular flexibility index (Phi) is 6.73. The number of hydrogen-bond donors (Lipinski definition) is 3. The lowest BCUT2D eigenvalue weighted by Gasteiger charge is -2.08. The second-order valence-electron chi connectivity index (χ2n) is 5.55. The van der Waals surface area contributed by atoms with Gasteiger partial charge in [-0.2, -0.15) is 0 Å². The maximum absolute atomic E-state index is 12.0. The van der Waals surface area contributed by atoms with Gasteiger partial charge in [0.2, 0.25) is 5.91 Å². The Morgan fingerprint density at radius 3 is 2.31 bits per heavy atom. The first-order chi connectivity index (χ1) is 12.5. The van der Waals surface area contributed by atoms with Gasteiger partial charge in [0.25, 0.3) is 0 Å². The minimum absolute atomic E-state index is 0.0216. The van der Waals surface area contributed by atoms with Gasteiger partial charge in [0.15, 0.2) is 6.61 Å². The first kappa shape index (κ1) is 19.0. The van der Waals surface area contributed by atoms with Crippen LogP contribution in [0.5, 0.6) is 5.75 Å². The molecule has 0 fully saturated rings. The van der Waals surface area contributed by atoms with Crippen LogP contribution >= 0.6 is 0 Å². The van der Waals surface area contributed by atoms with E-state index in [0.717, 1.165) is 5.56 Å². The van der Waals surface area contributed by atoms with Crippen molar-refractivity contribution in [3.05, 3.63) is 59.7 Å². The third-order valence-electron chi connectivity index (χ3n) is 3.63. The van der Waals surface area contributed by atoms with Gasteiger partial charge in [-0.25, -0.2) is 4.79 Å². The van der Waals surface area contributed by atoms with Crippen molar-refractivity contribution in [2.45, 2.75) is 12.8 Å². The van der Waals surface area contributed by atoms with E-state index < -0.39 is 5.97 Å². The van der Waals surface area contributed by atoms with E-state index >= 15 is 0 Å². The van der Waals surface area contributed by atoms with Crippen LogP contribution in [0.4, 0.5) is 5.69 Å². The number of methoxy groups -OCH3 is 1. The second kappa shape index (κ2) is 9.22. The van der Waals surface area contributed by atoms with E-state index in [0.29, 0.717) is 29.8 Å². The molecule has 2 aromatic carbocycles. The predicted molar refractivity (Wildman–Crippen MR) is 98.4 cm³/mol. The number of nitrogens with two attached hydrogens (primary N) is 1. The maximum atomic E-state index is 12.0. The van der Waals surface area contributed by atoms with E-state index in [1.54, 1.807) is 36.4 Å². The SMILES string of the molecule is COC(=O)COc1ccc(NC(=O)CCc2ccc(C(=N)N)cc2)cc1. The van der Waals surface area contributed by atoms with Crippen LogP contribution in [-0.2, 0) is 20.7 Å². The van der Waals surface area contributed by atoms with Gasteiger partial charge >= 0.3 is 5.97 Å². The van der Waals surface area contributed by atoms with Crippen molar-refractivity contribution in [3.8, 4) is 5.75 Å². The number of amidine groups is 1. The summed E-state index contributed by atoms with van der Waals surface area (Å²) >= 11 is 0. The zero-order valence-corrected chi connectivity index (χ0v) is 14.5. The average Bonchev–Trinajstić information content (AvgIpc) is 2.65. The molecule has 7 nitrogen and oxygen atoms in total. The molecule has 0 aliphatic heterocycles. The molecule has 0 heterocycles. The van der Waals surface area contributed by atoms with Crippen molar-refractivity contribution >= 4 is 23.4 Å². The molecular weight excluding hydrogens is 334 g/mol. The molecule has 0 aliphatic carbocycles. The number of hydrogen-bond acceptors (Lipinski definition) is 5. The molecule has 0 bridgehead atoms. The van der Waals surface area contributed by atoms with Crippen LogP contribution in [0.3, 0.4) is 0 Å². The monoisotopic (exact) mass is 355 g/mol. The number of amides is 1. The van der Waals surface area contributed by atoms with Crippen LogP contribution < -0.4 is 15.8 Å². The highest BCUT2D eigenvalue weighted by Crippen LogP contribution is 2.16. The van der Waals surface area contributed by atoms with Crippen LogP contribution in [0.1, 0.15) is 17.5 Å². The van der Waals surface area contributed by atoms with E-state index in [9.17, 15) is 9.59 Å². The Morgan fingerprint density at radius 1 is 1.08 bits per heavy atom. The zero-order valence-electron chi connectivity index (χ0n) is 14.5. The minimum Gasteiger partial charge on any atom is -0.482 e. The number of esters is 1. The number of anilines is 1. The summed E-state index contributed by atoms with van der Waals surface area (Å²) < 4.78 is 9.73. The van der Waals surface area contributed by atoms with Crippen molar-refractivity contribution in [1.82, 2.24) is 0 Å². The van der Waals surface area contributed by atoms with Gasteiger partial charge in [0.05, 0.1) is 7.11 Å². The molecule has 26 heavy (non-hydrogen) atoms. The van der Waals surface area contributed by atoms with Gasteiger partial charge in [-0.3, -0.25) is 10.2 Å². The van der Waals surface area contributed by atoms with Gasteiger partial charge in [0.1, 0.15) is 11.6 Å². The summed E-state index contributed by atoms with van der Waals surface area (Å²) in [7, 11) is 1.29. The molecule has 0 saturated heterocycles. The quantitative estimate of drug-likeness (QED) is 0.381. The number of aryl methyl sites for hydroxylation is 1. The largest absolute Gasteiger partial charge is 0.482 e. The molecule has 0 aliphatic rings. The molecule has 0 aromatic heterocycles. The summed E-state index contributed by atoms with van der Waals surface area (Å²) in [6.45, 7) is -0.162. The summed E-state index contributed by atoms with van der Waals surface area (Å²) in [5, 5.41) is 10.2. The van der Waals surface area contributed by atoms with E-state index in [4.69, 9.17) is 15.9 Å². The number of rotatable bonds is 8. The number of carbonyl (C=O) groups is 2. The Morgan fingerprint density at radius 2 is 1.73 bits per heavy atom. The molecule has 0 saturated carbocycles. The van der Waals surface area contributed by atoms with Crippen LogP contribution in [0.2, 0.25) is 0 Å². The normalized spacial score (nSPS) is 10.0. The highest BCUT2D eigenvalue weighted by atomic mass is 16.6.